The second kappa shape index (κ2) is 4.94. The summed E-state index contributed by atoms with van der Waals surface area (Å²) in [7, 11) is -3.57. The molecule has 1 aromatic rings. The Balaban J connectivity index is 3.56. The van der Waals surface area contributed by atoms with E-state index >= 15 is 0 Å². The smallest absolute Gasteiger partial charge is 0.335 e. The summed E-state index contributed by atoms with van der Waals surface area (Å²) in [5.41, 5.74) is 1.10. The molecule has 0 aliphatic rings. The summed E-state index contributed by atoms with van der Waals surface area (Å²) in [4.78, 5) is 11.1. The van der Waals surface area contributed by atoms with Crippen LogP contribution in [0.1, 0.15) is 28.4 Å². The fraction of sp³-hybridized carbons (Fsp3) is 0.308. The second-order valence-corrected chi connectivity index (χ2v) is 6.50. The van der Waals surface area contributed by atoms with Crippen molar-refractivity contribution in [1.29, 1.82) is 0 Å². The van der Waals surface area contributed by atoms with Crippen LogP contribution in [0.3, 0.4) is 0 Å². The van der Waals surface area contributed by atoms with Crippen molar-refractivity contribution in [1.82, 2.24) is 0 Å². The van der Waals surface area contributed by atoms with Crippen LogP contribution in [0.15, 0.2) is 29.7 Å². The minimum absolute atomic E-state index is 0.00966. The molecule has 1 unspecified atom stereocenters. The third-order valence-corrected chi connectivity index (χ3v) is 5.10. The fourth-order valence-corrected chi connectivity index (χ4v) is 3.14. The largest absolute Gasteiger partial charge is 0.478 e. The number of hydrogen-bond acceptors (Lipinski definition) is 3. The van der Waals surface area contributed by atoms with Gasteiger partial charge >= 0.3 is 5.97 Å². The van der Waals surface area contributed by atoms with E-state index < -0.39 is 21.1 Å². The summed E-state index contributed by atoms with van der Waals surface area (Å²) < 4.78 is 24.4. The highest BCUT2D eigenvalue weighted by Crippen LogP contribution is 2.24. The normalized spacial score (nSPS) is 13.1. The summed E-state index contributed by atoms with van der Waals surface area (Å²) in [6.45, 7) is 8.27. The average Bonchev–Trinajstić information content (AvgIpc) is 2.26. The van der Waals surface area contributed by atoms with E-state index in [4.69, 9.17) is 5.11 Å². The monoisotopic (exact) mass is 268 g/mol. The topological polar surface area (TPSA) is 71.4 Å². The minimum atomic E-state index is -3.57. The minimum Gasteiger partial charge on any atom is -0.478 e. The molecule has 5 heteroatoms. The van der Waals surface area contributed by atoms with Crippen LogP contribution in [-0.2, 0) is 9.84 Å². The van der Waals surface area contributed by atoms with Gasteiger partial charge in [0.25, 0.3) is 0 Å². The third-order valence-electron chi connectivity index (χ3n) is 2.88. The van der Waals surface area contributed by atoms with Crippen LogP contribution in [-0.4, -0.2) is 24.7 Å². The number of hydrogen-bond donors (Lipinski definition) is 1. The summed E-state index contributed by atoms with van der Waals surface area (Å²) in [6.07, 6.45) is 1.33. The van der Waals surface area contributed by atoms with Crippen molar-refractivity contribution in [2.75, 3.05) is 0 Å². The van der Waals surface area contributed by atoms with Gasteiger partial charge in [0.2, 0.25) is 0 Å². The van der Waals surface area contributed by atoms with Crippen molar-refractivity contribution in [3.05, 3.63) is 41.5 Å². The van der Waals surface area contributed by atoms with Crippen molar-refractivity contribution in [3.63, 3.8) is 0 Å². The van der Waals surface area contributed by atoms with Crippen molar-refractivity contribution < 1.29 is 18.3 Å². The Morgan fingerprint density at radius 3 is 2.33 bits per heavy atom. The van der Waals surface area contributed by atoms with Gasteiger partial charge in [0, 0.05) is 0 Å². The zero-order valence-electron chi connectivity index (χ0n) is 10.6. The quantitative estimate of drug-likeness (QED) is 0.851. The van der Waals surface area contributed by atoms with Gasteiger partial charge in [-0.1, -0.05) is 12.1 Å². The summed E-state index contributed by atoms with van der Waals surface area (Å²) in [6, 6.07) is 2.80. The predicted molar refractivity (Wildman–Crippen MR) is 69.7 cm³/mol. The summed E-state index contributed by atoms with van der Waals surface area (Å²) in [5, 5.41) is 8.28. The van der Waals surface area contributed by atoms with Crippen molar-refractivity contribution in [2.45, 2.75) is 30.9 Å². The molecule has 4 nitrogen and oxygen atoms in total. The highest BCUT2D eigenvalue weighted by atomic mass is 32.2. The van der Waals surface area contributed by atoms with Gasteiger partial charge in [-0.3, -0.25) is 0 Å². The molecule has 0 bridgehead atoms. The van der Waals surface area contributed by atoms with E-state index in [0.717, 1.165) is 0 Å². The molecule has 98 valence electrons. The summed E-state index contributed by atoms with van der Waals surface area (Å²) >= 11 is 0. The first-order chi connectivity index (χ1) is 8.21. The lowest BCUT2D eigenvalue weighted by molar-refractivity contribution is 0.0696. The molecule has 0 fully saturated rings. The Morgan fingerprint density at radius 2 is 1.89 bits per heavy atom. The van der Waals surface area contributed by atoms with Gasteiger partial charge in [-0.25, -0.2) is 13.2 Å². The van der Waals surface area contributed by atoms with Crippen LogP contribution in [0.4, 0.5) is 0 Å². The molecule has 1 rings (SSSR count). The lowest BCUT2D eigenvalue weighted by Crippen LogP contribution is -2.17. The molecule has 0 radical (unpaired) electrons. The van der Waals surface area contributed by atoms with Gasteiger partial charge in [0.05, 0.1) is 15.7 Å². The maximum Gasteiger partial charge on any atom is 0.335 e. The van der Waals surface area contributed by atoms with Gasteiger partial charge in [0.15, 0.2) is 9.84 Å². The first-order valence-electron chi connectivity index (χ1n) is 5.42. The number of aromatic carboxylic acids is 1. The molecule has 1 atom stereocenters. The maximum absolute atomic E-state index is 12.2. The Morgan fingerprint density at radius 1 is 1.33 bits per heavy atom. The standard InChI is InChI=1S/C13H16O4S/c1-5-10(4)18(16,17)12-7-11(13(14)15)8(2)6-9(12)3/h5-7,10H,1H2,2-4H3,(H,14,15). The molecule has 0 amide bonds. The molecule has 0 spiro atoms. The van der Waals surface area contributed by atoms with Gasteiger partial charge < -0.3 is 5.11 Å². The van der Waals surface area contributed by atoms with E-state index in [0.29, 0.717) is 11.1 Å². The highest BCUT2D eigenvalue weighted by Gasteiger charge is 2.24. The first kappa shape index (κ1) is 14.4. The highest BCUT2D eigenvalue weighted by molar-refractivity contribution is 7.92. The number of carbonyl (C=O) groups is 1. The summed E-state index contributed by atoms with van der Waals surface area (Å²) in [5.74, 6) is -1.13. The lowest BCUT2D eigenvalue weighted by atomic mass is 10.1. The number of aryl methyl sites for hydroxylation is 2. The van der Waals surface area contributed by atoms with Crippen LogP contribution in [0.25, 0.3) is 0 Å². The lowest BCUT2D eigenvalue weighted by Gasteiger charge is -2.13. The number of benzene rings is 1. The SMILES string of the molecule is C=CC(C)S(=O)(=O)c1cc(C(=O)O)c(C)cc1C. The Kier molecular flexibility index (Phi) is 3.96. The van der Waals surface area contributed by atoms with Crippen molar-refractivity contribution >= 4 is 15.8 Å². The van der Waals surface area contributed by atoms with Crippen LogP contribution in [0.2, 0.25) is 0 Å². The maximum atomic E-state index is 12.2. The second-order valence-electron chi connectivity index (χ2n) is 4.22. The molecule has 0 aromatic heterocycles. The van der Waals surface area contributed by atoms with E-state index in [1.807, 2.05) is 0 Å². The molecule has 0 saturated carbocycles. The first-order valence-corrected chi connectivity index (χ1v) is 6.97. The van der Waals surface area contributed by atoms with E-state index in [1.165, 1.54) is 19.1 Å². The number of rotatable bonds is 4. The van der Waals surface area contributed by atoms with Crippen molar-refractivity contribution in [3.8, 4) is 0 Å². The number of carboxylic acid groups (broad SMARTS) is 1. The zero-order chi connectivity index (χ0) is 14.1. The van der Waals surface area contributed by atoms with E-state index in [-0.39, 0.29) is 10.5 Å². The molecule has 18 heavy (non-hydrogen) atoms. The fourth-order valence-electron chi connectivity index (χ4n) is 1.70. The Labute approximate surface area is 107 Å². The van der Waals surface area contributed by atoms with E-state index in [9.17, 15) is 13.2 Å². The van der Waals surface area contributed by atoms with Crippen LogP contribution < -0.4 is 0 Å². The van der Waals surface area contributed by atoms with Gasteiger partial charge in [-0.15, -0.1) is 6.58 Å². The van der Waals surface area contributed by atoms with Crippen molar-refractivity contribution in [2.24, 2.45) is 0 Å². The van der Waals surface area contributed by atoms with E-state index in [2.05, 4.69) is 6.58 Å². The Bertz CT molecular complexity index is 600. The van der Waals surface area contributed by atoms with Crippen LogP contribution in [0.5, 0.6) is 0 Å². The van der Waals surface area contributed by atoms with E-state index in [1.54, 1.807) is 19.9 Å². The molecular weight excluding hydrogens is 252 g/mol. The third kappa shape index (κ3) is 2.46. The zero-order valence-corrected chi connectivity index (χ0v) is 11.4. The van der Waals surface area contributed by atoms with Crippen LogP contribution in [0, 0.1) is 13.8 Å². The van der Waals surface area contributed by atoms with Crippen LogP contribution >= 0.6 is 0 Å². The Hall–Kier alpha value is -1.62. The average molecular weight is 268 g/mol. The predicted octanol–water partition coefficient (Wildman–Crippen LogP) is 2.35. The number of sulfone groups is 1. The van der Waals surface area contributed by atoms with Gasteiger partial charge in [0.1, 0.15) is 0 Å². The molecule has 0 saturated heterocycles. The number of carboxylic acids is 1. The molecule has 1 aromatic carbocycles. The van der Waals surface area contributed by atoms with Gasteiger partial charge in [-0.05, 0) is 38.0 Å². The molecular formula is C13H16O4S. The molecule has 1 N–H and O–H groups in total. The molecule has 0 aliphatic carbocycles. The van der Waals surface area contributed by atoms with Gasteiger partial charge in [-0.2, -0.15) is 0 Å². The molecule has 0 aliphatic heterocycles. The molecule has 0 heterocycles.